The number of aromatic nitrogens is 2. The lowest BCUT2D eigenvalue weighted by Crippen LogP contribution is -2.15. The molecular formula is C22H19N3O5S2. The van der Waals surface area contributed by atoms with Crippen molar-refractivity contribution >= 4 is 43.2 Å². The van der Waals surface area contributed by atoms with Gasteiger partial charge >= 0.3 is 5.97 Å². The van der Waals surface area contributed by atoms with Crippen molar-refractivity contribution in [3.63, 3.8) is 0 Å². The fourth-order valence-electron chi connectivity index (χ4n) is 3.08. The van der Waals surface area contributed by atoms with Crippen LogP contribution in [0.1, 0.15) is 26.6 Å². The van der Waals surface area contributed by atoms with Crippen molar-refractivity contribution in [1.29, 1.82) is 0 Å². The number of nitrogens with one attached hydrogen (secondary N) is 2. The molecule has 32 heavy (non-hydrogen) atoms. The lowest BCUT2D eigenvalue weighted by Gasteiger charge is -2.09. The topological polar surface area (TPSA) is 118 Å². The number of aryl methyl sites for hydroxylation is 2. The van der Waals surface area contributed by atoms with Gasteiger partial charge in [-0.05, 0) is 55.8 Å². The Kier molecular flexibility index (Phi) is 5.81. The molecule has 0 saturated carbocycles. The Morgan fingerprint density at radius 1 is 1.09 bits per heavy atom. The molecule has 0 fully saturated rings. The second kappa shape index (κ2) is 8.56. The minimum Gasteiger partial charge on any atom is -0.454 e. The fourth-order valence-corrected chi connectivity index (χ4v) is 5.18. The van der Waals surface area contributed by atoms with Gasteiger partial charge in [0.25, 0.3) is 15.6 Å². The van der Waals surface area contributed by atoms with Crippen molar-refractivity contribution in [2.24, 2.45) is 0 Å². The summed E-state index contributed by atoms with van der Waals surface area (Å²) in [6.45, 7) is 3.57. The number of esters is 1. The quantitative estimate of drug-likeness (QED) is 0.415. The third-order valence-electron chi connectivity index (χ3n) is 4.85. The van der Waals surface area contributed by atoms with Crippen molar-refractivity contribution in [2.45, 2.75) is 25.3 Å². The van der Waals surface area contributed by atoms with E-state index < -0.39 is 16.0 Å². The number of rotatable bonds is 6. The van der Waals surface area contributed by atoms with E-state index >= 15 is 0 Å². The zero-order chi connectivity index (χ0) is 22.9. The minimum absolute atomic E-state index is 0.0118. The molecule has 10 heteroatoms. The number of benzene rings is 2. The number of H-pyrrole nitrogens is 1. The summed E-state index contributed by atoms with van der Waals surface area (Å²) in [7, 11) is -3.79. The summed E-state index contributed by atoms with van der Waals surface area (Å²) in [6.07, 6.45) is 0. The van der Waals surface area contributed by atoms with Crippen LogP contribution in [0.5, 0.6) is 0 Å². The van der Waals surface area contributed by atoms with E-state index in [4.69, 9.17) is 4.74 Å². The summed E-state index contributed by atoms with van der Waals surface area (Å²) in [6, 6.07) is 13.9. The van der Waals surface area contributed by atoms with E-state index in [1.165, 1.54) is 35.6 Å². The van der Waals surface area contributed by atoms with Gasteiger partial charge in [-0.25, -0.2) is 18.2 Å². The largest absolute Gasteiger partial charge is 0.454 e. The number of ether oxygens (including phenoxy) is 1. The van der Waals surface area contributed by atoms with Gasteiger partial charge < -0.3 is 9.72 Å². The highest BCUT2D eigenvalue weighted by molar-refractivity contribution is 7.92. The van der Waals surface area contributed by atoms with E-state index in [1.807, 2.05) is 13.8 Å². The number of hydrogen-bond acceptors (Lipinski definition) is 7. The zero-order valence-electron chi connectivity index (χ0n) is 17.2. The van der Waals surface area contributed by atoms with Crippen molar-refractivity contribution < 1.29 is 17.9 Å². The maximum absolute atomic E-state index is 12.5. The Bertz CT molecular complexity index is 1460. The summed E-state index contributed by atoms with van der Waals surface area (Å²) in [4.78, 5) is 33.3. The smallest absolute Gasteiger partial charge is 0.338 e. The monoisotopic (exact) mass is 469 g/mol. The number of thiophene rings is 1. The third-order valence-corrected chi connectivity index (χ3v) is 7.35. The Morgan fingerprint density at radius 3 is 2.47 bits per heavy atom. The molecule has 0 unspecified atom stereocenters. The van der Waals surface area contributed by atoms with E-state index in [2.05, 4.69) is 14.7 Å². The zero-order valence-corrected chi connectivity index (χ0v) is 18.8. The normalized spacial score (nSPS) is 11.4. The summed E-state index contributed by atoms with van der Waals surface area (Å²) in [5.74, 6) is -0.422. The van der Waals surface area contributed by atoms with E-state index in [-0.39, 0.29) is 28.4 Å². The fraction of sp³-hybridized carbons (Fsp3) is 0.136. The van der Waals surface area contributed by atoms with Gasteiger partial charge in [-0.1, -0.05) is 18.2 Å². The Balaban J connectivity index is 1.45. The van der Waals surface area contributed by atoms with Gasteiger partial charge in [-0.3, -0.25) is 9.52 Å². The van der Waals surface area contributed by atoms with E-state index in [9.17, 15) is 18.0 Å². The molecular weight excluding hydrogens is 450 g/mol. The molecule has 2 aromatic heterocycles. The molecule has 0 saturated heterocycles. The summed E-state index contributed by atoms with van der Waals surface area (Å²) < 4.78 is 32.7. The van der Waals surface area contributed by atoms with Crippen LogP contribution in [0.3, 0.4) is 0 Å². The molecule has 0 aliphatic heterocycles. The number of fused-ring (bicyclic) bond motifs is 1. The lowest BCUT2D eigenvalue weighted by molar-refractivity contribution is 0.0462. The predicted octanol–water partition coefficient (Wildman–Crippen LogP) is 3.76. The van der Waals surface area contributed by atoms with Crippen LogP contribution < -0.4 is 10.3 Å². The molecule has 0 atom stereocenters. The Morgan fingerprint density at radius 2 is 1.78 bits per heavy atom. The first kappa shape index (κ1) is 21.7. The average molecular weight is 470 g/mol. The highest BCUT2D eigenvalue weighted by Gasteiger charge is 2.17. The van der Waals surface area contributed by atoms with Gasteiger partial charge in [0.2, 0.25) is 0 Å². The van der Waals surface area contributed by atoms with Crippen molar-refractivity contribution in [3.8, 4) is 0 Å². The molecule has 2 N–H and O–H groups in total. The van der Waals surface area contributed by atoms with Gasteiger partial charge in [0.1, 0.15) is 17.3 Å². The van der Waals surface area contributed by atoms with E-state index in [1.54, 1.807) is 30.3 Å². The van der Waals surface area contributed by atoms with Crippen LogP contribution in [0, 0.1) is 13.8 Å². The average Bonchev–Trinajstić information content (AvgIpc) is 3.06. The molecule has 8 nitrogen and oxygen atoms in total. The minimum atomic E-state index is -3.79. The van der Waals surface area contributed by atoms with Crippen LogP contribution in [0.4, 0.5) is 5.69 Å². The molecule has 2 heterocycles. The van der Waals surface area contributed by atoms with Crippen molar-refractivity contribution in [2.75, 3.05) is 4.72 Å². The van der Waals surface area contributed by atoms with Crippen molar-refractivity contribution in [3.05, 3.63) is 86.8 Å². The number of hydrogen-bond donors (Lipinski definition) is 2. The number of nitrogens with zero attached hydrogens (tertiary/aromatic N) is 1. The second-order valence-electron chi connectivity index (χ2n) is 7.05. The first-order valence-corrected chi connectivity index (χ1v) is 11.9. The van der Waals surface area contributed by atoms with Crippen LogP contribution in [0.25, 0.3) is 10.2 Å². The molecule has 0 radical (unpaired) electrons. The summed E-state index contributed by atoms with van der Waals surface area (Å²) in [5, 5.41) is 0.545. The molecule has 164 valence electrons. The molecule has 0 bridgehead atoms. The summed E-state index contributed by atoms with van der Waals surface area (Å²) >= 11 is 1.41. The highest BCUT2D eigenvalue weighted by atomic mass is 32.2. The molecule has 0 aliphatic carbocycles. The SMILES string of the molecule is Cc1sc2nc(COC(=O)c3ccc(S(=O)(=O)Nc4ccccc4)cc3)[nH]c(=O)c2c1C. The van der Waals surface area contributed by atoms with Crippen LogP contribution >= 0.6 is 11.3 Å². The first-order chi connectivity index (χ1) is 15.2. The van der Waals surface area contributed by atoms with Gasteiger partial charge in [0.05, 0.1) is 15.8 Å². The number of anilines is 1. The van der Waals surface area contributed by atoms with E-state index in [0.717, 1.165) is 10.4 Å². The molecule has 0 spiro atoms. The van der Waals surface area contributed by atoms with Gasteiger partial charge in [0.15, 0.2) is 0 Å². The molecule has 0 amide bonds. The number of para-hydroxylation sites is 1. The molecule has 0 aliphatic rings. The van der Waals surface area contributed by atoms with Crippen LogP contribution in [-0.2, 0) is 21.4 Å². The maximum Gasteiger partial charge on any atom is 0.338 e. The maximum atomic E-state index is 12.5. The molecule has 4 aromatic rings. The standard InChI is InChI=1S/C22H19N3O5S2/c1-13-14(2)31-21-19(13)20(26)23-18(24-21)12-30-22(27)15-8-10-17(11-9-15)32(28,29)25-16-6-4-3-5-7-16/h3-11,25H,12H2,1-2H3,(H,23,24,26). The predicted molar refractivity (Wildman–Crippen MR) is 123 cm³/mol. The van der Waals surface area contributed by atoms with Crippen LogP contribution in [0.2, 0.25) is 0 Å². The molecule has 4 rings (SSSR count). The van der Waals surface area contributed by atoms with Crippen molar-refractivity contribution in [1.82, 2.24) is 9.97 Å². The summed E-state index contributed by atoms with van der Waals surface area (Å²) in [5.41, 5.74) is 1.22. The third kappa shape index (κ3) is 4.41. The Hall–Kier alpha value is -3.50. The number of carbonyl (C=O) groups is 1. The first-order valence-electron chi connectivity index (χ1n) is 9.58. The number of aromatic amines is 1. The van der Waals surface area contributed by atoms with Crippen LogP contribution in [0.15, 0.2) is 64.3 Å². The van der Waals surface area contributed by atoms with Gasteiger partial charge in [-0.2, -0.15) is 0 Å². The highest BCUT2D eigenvalue weighted by Crippen LogP contribution is 2.25. The van der Waals surface area contributed by atoms with Gasteiger partial charge in [0, 0.05) is 10.6 Å². The van der Waals surface area contributed by atoms with E-state index in [0.29, 0.717) is 15.9 Å². The molecule has 2 aromatic carbocycles. The number of sulfonamides is 1. The van der Waals surface area contributed by atoms with Gasteiger partial charge in [-0.15, -0.1) is 11.3 Å². The second-order valence-corrected chi connectivity index (χ2v) is 9.93. The lowest BCUT2D eigenvalue weighted by atomic mass is 10.2. The van der Waals surface area contributed by atoms with Crippen LogP contribution in [-0.4, -0.2) is 24.4 Å². The Labute approximate surface area is 188 Å². The number of carbonyl (C=O) groups excluding carboxylic acids is 1.